The summed E-state index contributed by atoms with van der Waals surface area (Å²) in [4.78, 5) is 23.9. The van der Waals surface area contributed by atoms with Crippen molar-refractivity contribution in [2.45, 2.75) is 27.3 Å². The number of aryl methyl sites for hydroxylation is 2. The Hall–Kier alpha value is -3.41. The molecule has 3 aromatic rings. The molecule has 0 aliphatic carbocycles. The fourth-order valence-corrected chi connectivity index (χ4v) is 3.93. The number of hydrogen-bond acceptors (Lipinski definition) is 3. The van der Waals surface area contributed by atoms with Crippen LogP contribution in [0.25, 0.3) is 22.8 Å². The van der Waals surface area contributed by atoms with E-state index in [9.17, 15) is 4.79 Å². The van der Waals surface area contributed by atoms with Gasteiger partial charge >= 0.3 is 0 Å². The first kappa shape index (κ1) is 18.0. The highest BCUT2D eigenvalue weighted by Crippen LogP contribution is 2.36. The zero-order valence-corrected chi connectivity index (χ0v) is 16.3. The maximum absolute atomic E-state index is 12.1. The van der Waals surface area contributed by atoms with Crippen LogP contribution in [-0.2, 0) is 6.54 Å². The third-order valence-corrected chi connectivity index (χ3v) is 5.24. The Balaban J connectivity index is 1.84. The van der Waals surface area contributed by atoms with Gasteiger partial charge < -0.3 is 14.9 Å². The van der Waals surface area contributed by atoms with Crippen LogP contribution < -0.4 is 5.32 Å². The summed E-state index contributed by atoms with van der Waals surface area (Å²) in [5.41, 5.74) is 8.04. The van der Waals surface area contributed by atoms with Crippen LogP contribution in [0.15, 0.2) is 35.7 Å². The van der Waals surface area contributed by atoms with E-state index < -0.39 is 0 Å². The second kappa shape index (κ2) is 6.96. The minimum atomic E-state index is -0.0370. The summed E-state index contributed by atoms with van der Waals surface area (Å²) in [6.45, 7) is 11.3. The van der Waals surface area contributed by atoms with Crippen LogP contribution in [0.5, 0.6) is 0 Å². The number of nitrogens with zero attached hydrogens (tertiary/aromatic N) is 3. The van der Waals surface area contributed by atoms with Gasteiger partial charge in [0.1, 0.15) is 11.5 Å². The van der Waals surface area contributed by atoms with E-state index in [1.54, 1.807) is 0 Å². The first-order valence-electron chi connectivity index (χ1n) is 9.27. The van der Waals surface area contributed by atoms with E-state index in [1.807, 2.05) is 42.2 Å². The largest absolute Gasteiger partial charge is 0.349 e. The lowest BCUT2D eigenvalue weighted by atomic mass is 9.97. The standard InChI is InChI=1S/C22H23N5O/c1-13-5-6-24-15(3)20(13)14(2)9-17-18(11-26-21(17)23-4)16-10-19-22(28)25-7-8-27(19)12-16/h5-6,9-12,26H,4,7-8H2,1-3H3,(H,25,28)/b14-9+. The molecule has 3 aromatic heterocycles. The van der Waals surface area contributed by atoms with E-state index in [2.05, 4.69) is 46.9 Å². The van der Waals surface area contributed by atoms with E-state index in [1.165, 1.54) is 5.56 Å². The third-order valence-electron chi connectivity index (χ3n) is 5.24. The first-order valence-corrected chi connectivity index (χ1v) is 9.27. The number of amides is 1. The summed E-state index contributed by atoms with van der Waals surface area (Å²) in [6, 6.07) is 3.95. The molecule has 0 fully saturated rings. The number of pyridine rings is 1. The highest BCUT2D eigenvalue weighted by Gasteiger charge is 2.20. The molecule has 0 saturated heterocycles. The highest BCUT2D eigenvalue weighted by molar-refractivity contribution is 5.97. The van der Waals surface area contributed by atoms with Gasteiger partial charge in [-0.05, 0) is 56.8 Å². The fourth-order valence-electron chi connectivity index (χ4n) is 3.93. The molecule has 4 heterocycles. The van der Waals surface area contributed by atoms with Gasteiger partial charge in [-0.15, -0.1) is 0 Å². The van der Waals surface area contributed by atoms with Crippen LogP contribution in [0.4, 0.5) is 5.82 Å². The van der Waals surface area contributed by atoms with Crippen molar-refractivity contribution in [3.63, 3.8) is 0 Å². The second-order valence-electron chi connectivity index (χ2n) is 7.10. The minimum Gasteiger partial charge on any atom is -0.349 e. The van der Waals surface area contributed by atoms with Crippen molar-refractivity contribution in [1.29, 1.82) is 0 Å². The van der Waals surface area contributed by atoms with E-state index in [0.29, 0.717) is 18.1 Å². The molecule has 0 radical (unpaired) electrons. The summed E-state index contributed by atoms with van der Waals surface area (Å²) < 4.78 is 2.00. The van der Waals surface area contributed by atoms with Gasteiger partial charge in [-0.25, -0.2) is 4.99 Å². The number of aromatic amines is 1. The monoisotopic (exact) mass is 373 g/mol. The molecule has 0 spiro atoms. The van der Waals surface area contributed by atoms with Crippen molar-refractivity contribution in [1.82, 2.24) is 19.9 Å². The van der Waals surface area contributed by atoms with Crippen LogP contribution in [0.3, 0.4) is 0 Å². The van der Waals surface area contributed by atoms with Gasteiger partial charge in [-0.2, -0.15) is 0 Å². The average Bonchev–Trinajstić information content (AvgIpc) is 3.26. The number of fused-ring (bicyclic) bond motifs is 1. The van der Waals surface area contributed by atoms with Gasteiger partial charge in [-0.1, -0.05) is 0 Å². The van der Waals surface area contributed by atoms with E-state index in [0.717, 1.165) is 40.1 Å². The van der Waals surface area contributed by atoms with Gasteiger partial charge in [-0.3, -0.25) is 9.78 Å². The van der Waals surface area contributed by atoms with Crippen LogP contribution in [0, 0.1) is 13.8 Å². The van der Waals surface area contributed by atoms with E-state index >= 15 is 0 Å². The number of H-pyrrole nitrogens is 1. The average molecular weight is 373 g/mol. The molecule has 1 aliphatic rings. The Kier molecular flexibility index (Phi) is 4.47. The van der Waals surface area contributed by atoms with Gasteiger partial charge in [0.05, 0.1) is 0 Å². The van der Waals surface area contributed by atoms with Crippen molar-refractivity contribution in [2.24, 2.45) is 4.99 Å². The number of hydrogen-bond donors (Lipinski definition) is 2. The number of rotatable bonds is 4. The molecule has 142 valence electrons. The quantitative estimate of drug-likeness (QED) is 0.675. The molecule has 6 nitrogen and oxygen atoms in total. The number of allylic oxidation sites excluding steroid dienone is 1. The zero-order chi connectivity index (χ0) is 19.8. The van der Waals surface area contributed by atoms with Gasteiger partial charge in [0, 0.05) is 59.6 Å². The topological polar surface area (TPSA) is 75.1 Å². The fraction of sp³-hybridized carbons (Fsp3) is 0.227. The number of aliphatic imine (C=N–C) groups is 1. The molecule has 0 aromatic carbocycles. The zero-order valence-electron chi connectivity index (χ0n) is 16.3. The third kappa shape index (κ3) is 2.97. The predicted molar refractivity (Wildman–Crippen MR) is 113 cm³/mol. The Morgan fingerprint density at radius 2 is 2.21 bits per heavy atom. The summed E-state index contributed by atoms with van der Waals surface area (Å²) in [5.74, 6) is 0.673. The normalized spacial score (nSPS) is 14.0. The van der Waals surface area contributed by atoms with Crippen molar-refractivity contribution >= 4 is 30.1 Å². The predicted octanol–water partition coefficient (Wildman–Crippen LogP) is 4.13. The van der Waals surface area contributed by atoms with E-state index in [-0.39, 0.29) is 5.91 Å². The molecular weight excluding hydrogens is 350 g/mol. The maximum Gasteiger partial charge on any atom is 0.267 e. The van der Waals surface area contributed by atoms with Crippen molar-refractivity contribution < 1.29 is 4.79 Å². The summed E-state index contributed by atoms with van der Waals surface area (Å²) in [6.07, 6.45) is 7.89. The lowest BCUT2D eigenvalue weighted by Crippen LogP contribution is -2.34. The van der Waals surface area contributed by atoms with Crippen LogP contribution in [0.2, 0.25) is 0 Å². The van der Waals surface area contributed by atoms with Gasteiger partial charge in [0.2, 0.25) is 0 Å². The highest BCUT2D eigenvalue weighted by atomic mass is 16.2. The Morgan fingerprint density at radius 3 is 2.93 bits per heavy atom. The molecule has 4 rings (SSSR count). The van der Waals surface area contributed by atoms with Crippen LogP contribution in [-0.4, -0.2) is 33.7 Å². The summed E-state index contributed by atoms with van der Waals surface area (Å²) in [7, 11) is 0. The second-order valence-corrected chi connectivity index (χ2v) is 7.10. The van der Waals surface area contributed by atoms with Crippen molar-refractivity contribution in [3.8, 4) is 11.1 Å². The van der Waals surface area contributed by atoms with Crippen LogP contribution >= 0.6 is 0 Å². The smallest absolute Gasteiger partial charge is 0.267 e. The lowest BCUT2D eigenvalue weighted by Gasteiger charge is -2.14. The maximum atomic E-state index is 12.1. The Labute approximate surface area is 164 Å². The molecule has 2 N–H and O–H groups in total. The van der Waals surface area contributed by atoms with Crippen LogP contribution in [0.1, 0.15) is 39.8 Å². The Morgan fingerprint density at radius 1 is 1.39 bits per heavy atom. The molecule has 28 heavy (non-hydrogen) atoms. The SMILES string of the molecule is C=Nc1[nH]cc(-c2cc3n(c2)CCNC3=O)c1/C=C(\C)c1c(C)ccnc1C. The lowest BCUT2D eigenvalue weighted by molar-refractivity contribution is 0.0928. The van der Waals surface area contributed by atoms with Gasteiger partial charge in [0.15, 0.2) is 0 Å². The van der Waals surface area contributed by atoms with Crippen molar-refractivity contribution in [2.75, 3.05) is 6.54 Å². The first-order chi connectivity index (χ1) is 13.5. The number of nitrogens with one attached hydrogen (secondary N) is 2. The summed E-state index contributed by atoms with van der Waals surface area (Å²) >= 11 is 0. The molecule has 1 amide bonds. The molecule has 0 saturated carbocycles. The Bertz CT molecular complexity index is 1100. The molecular formula is C22H23N5O. The van der Waals surface area contributed by atoms with Crippen molar-refractivity contribution in [3.05, 3.63) is 58.8 Å². The molecule has 6 heteroatoms. The number of carbonyl (C=O) groups is 1. The number of carbonyl (C=O) groups excluding carboxylic acids is 1. The molecule has 0 bridgehead atoms. The molecule has 0 atom stereocenters. The number of aromatic nitrogens is 3. The van der Waals surface area contributed by atoms with Gasteiger partial charge in [0.25, 0.3) is 5.91 Å². The minimum absolute atomic E-state index is 0.0370. The molecule has 1 aliphatic heterocycles. The van der Waals surface area contributed by atoms with E-state index in [4.69, 9.17) is 0 Å². The summed E-state index contributed by atoms with van der Waals surface area (Å²) in [5, 5.41) is 2.89. The molecule has 0 unspecified atom stereocenters.